The Labute approximate surface area is 115 Å². The molecule has 1 aliphatic heterocycles. The number of amides is 1. The third-order valence-corrected chi connectivity index (χ3v) is 3.23. The summed E-state index contributed by atoms with van der Waals surface area (Å²) in [5.74, 6) is -0.0450. The topological polar surface area (TPSA) is 62.2 Å². The summed E-state index contributed by atoms with van der Waals surface area (Å²) in [6.07, 6.45) is 0.505. The molecule has 1 fully saturated rings. The number of hydrogen-bond donors (Lipinski definition) is 1. The van der Waals surface area contributed by atoms with Crippen LogP contribution in [-0.4, -0.2) is 60.2 Å². The molecule has 1 atom stereocenters. The molecule has 1 saturated heterocycles. The lowest BCUT2D eigenvalue weighted by Gasteiger charge is -2.37. The Bertz CT molecular complexity index is 296. The number of hydroxylamine groups is 2. The van der Waals surface area contributed by atoms with Crippen LogP contribution in [0, 0.1) is 5.92 Å². The molecule has 6 heteroatoms. The van der Waals surface area contributed by atoms with E-state index in [1.807, 2.05) is 25.7 Å². The van der Waals surface area contributed by atoms with Crippen molar-refractivity contribution in [1.82, 2.24) is 9.96 Å². The van der Waals surface area contributed by atoms with Crippen LogP contribution in [0.2, 0.25) is 0 Å². The molecule has 1 aliphatic rings. The van der Waals surface area contributed by atoms with Crippen molar-refractivity contribution in [3.05, 3.63) is 0 Å². The van der Waals surface area contributed by atoms with Gasteiger partial charge in [-0.1, -0.05) is 0 Å². The van der Waals surface area contributed by atoms with Crippen molar-refractivity contribution in [2.24, 2.45) is 5.92 Å². The summed E-state index contributed by atoms with van der Waals surface area (Å²) in [4.78, 5) is 18.7. The summed E-state index contributed by atoms with van der Waals surface area (Å²) < 4.78 is 5.50. The zero-order chi connectivity index (χ0) is 14.6. The first-order valence-corrected chi connectivity index (χ1v) is 6.66. The Morgan fingerprint density at radius 2 is 1.89 bits per heavy atom. The van der Waals surface area contributed by atoms with E-state index in [4.69, 9.17) is 9.57 Å². The molecule has 0 bridgehead atoms. The van der Waals surface area contributed by atoms with E-state index in [-0.39, 0.29) is 17.4 Å². The molecule has 0 spiro atoms. The number of ether oxygens (including phenoxy) is 1. The quantitative estimate of drug-likeness (QED) is 0.607. The van der Waals surface area contributed by atoms with Crippen molar-refractivity contribution in [3.63, 3.8) is 0 Å². The Morgan fingerprint density at radius 1 is 1.37 bits per heavy atom. The van der Waals surface area contributed by atoms with Crippen LogP contribution < -0.4 is 0 Å². The lowest BCUT2D eigenvalue weighted by molar-refractivity contribution is -0.244. The van der Waals surface area contributed by atoms with Crippen LogP contribution >= 0.6 is 0 Å². The third-order valence-electron chi connectivity index (χ3n) is 3.23. The molecule has 1 amide bonds. The number of aliphatic hydroxyl groups is 1. The fourth-order valence-corrected chi connectivity index (χ4v) is 2.11. The van der Waals surface area contributed by atoms with Gasteiger partial charge in [0.15, 0.2) is 0 Å². The molecule has 1 rings (SSSR count). The predicted octanol–water partition coefficient (Wildman–Crippen LogP) is 0.809. The van der Waals surface area contributed by atoms with Crippen LogP contribution in [0.1, 0.15) is 33.6 Å². The van der Waals surface area contributed by atoms with Crippen LogP contribution in [0.4, 0.5) is 0 Å². The van der Waals surface area contributed by atoms with Gasteiger partial charge in [-0.2, -0.15) is 0 Å². The van der Waals surface area contributed by atoms with Gasteiger partial charge in [-0.15, -0.1) is 0 Å². The van der Waals surface area contributed by atoms with Gasteiger partial charge < -0.3 is 9.84 Å². The normalized spacial score (nSPS) is 20.3. The van der Waals surface area contributed by atoms with Gasteiger partial charge in [0.1, 0.15) is 0 Å². The number of nitrogens with zero attached hydrogens (tertiary/aromatic N) is 2. The van der Waals surface area contributed by atoms with Gasteiger partial charge in [-0.05, 0) is 33.6 Å². The molecule has 19 heavy (non-hydrogen) atoms. The monoisotopic (exact) mass is 274 g/mol. The molecule has 6 nitrogen and oxygen atoms in total. The minimum atomic E-state index is -0.906. The van der Waals surface area contributed by atoms with Gasteiger partial charge in [0, 0.05) is 26.1 Å². The van der Waals surface area contributed by atoms with Crippen LogP contribution in [0.25, 0.3) is 0 Å². The summed E-state index contributed by atoms with van der Waals surface area (Å²) in [5, 5.41) is 11.2. The SMILES string of the molecule is CON(C)C(=O)C1CCN(C(O)OC(C)(C)C)CC1. The molecule has 0 saturated carbocycles. The van der Waals surface area contributed by atoms with Crippen LogP contribution in [0.3, 0.4) is 0 Å². The van der Waals surface area contributed by atoms with Crippen LogP contribution in [0.5, 0.6) is 0 Å². The molecule has 0 aliphatic carbocycles. The van der Waals surface area contributed by atoms with E-state index in [2.05, 4.69) is 0 Å². The second-order valence-electron chi connectivity index (χ2n) is 5.89. The van der Waals surface area contributed by atoms with Crippen molar-refractivity contribution >= 4 is 5.91 Å². The molecule has 112 valence electrons. The molecule has 0 aromatic carbocycles. The van der Waals surface area contributed by atoms with Crippen molar-refractivity contribution in [1.29, 1.82) is 0 Å². The largest absolute Gasteiger partial charge is 0.356 e. The molecular weight excluding hydrogens is 248 g/mol. The van der Waals surface area contributed by atoms with Crippen LogP contribution in [-0.2, 0) is 14.4 Å². The Balaban J connectivity index is 2.42. The maximum atomic E-state index is 11.9. The zero-order valence-electron chi connectivity index (χ0n) is 12.5. The Kier molecular flexibility index (Phi) is 5.73. The summed E-state index contributed by atoms with van der Waals surface area (Å²) in [6.45, 7) is 7.00. The third kappa shape index (κ3) is 5.06. The molecule has 1 heterocycles. The first-order chi connectivity index (χ1) is 8.74. The van der Waals surface area contributed by atoms with E-state index in [1.54, 1.807) is 7.05 Å². The molecule has 1 N–H and O–H groups in total. The summed E-state index contributed by atoms with van der Waals surface area (Å²) in [6, 6.07) is 0. The number of piperidine rings is 1. The van der Waals surface area contributed by atoms with E-state index in [0.717, 1.165) is 0 Å². The predicted molar refractivity (Wildman–Crippen MR) is 70.9 cm³/mol. The second-order valence-corrected chi connectivity index (χ2v) is 5.89. The average Bonchev–Trinajstić information content (AvgIpc) is 2.35. The van der Waals surface area contributed by atoms with Gasteiger partial charge in [0.05, 0.1) is 12.7 Å². The van der Waals surface area contributed by atoms with Gasteiger partial charge in [-0.3, -0.25) is 14.5 Å². The minimum absolute atomic E-state index is 0.00613. The van der Waals surface area contributed by atoms with Gasteiger partial charge in [0.2, 0.25) is 12.3 Å². The first-order valence-electron chi connectivity index (χ1n) is 6.66. The zero-order valence-corrected chi connectivity index (χ0v) is 12.5. The number of carbonyl (C=O) groups excluding carboxylic acids is 1. The highest BCUT2D eigenvalue weighted by Crippen LogP contribution is 2.22. The van der Waals surface area contributed by atoms with Crippen molar-refractivity contribution < 1.29 is 19.5 Å². The van der Waals surface area contributed by atoms with Gasteiger partial charge >= 0.3 is 0 Å². The fraction of sp³-hybridized carbons (Fsp3) is 0.923. The summed E-state index contributed by atoms with van der Waals surface area (Å²) in [5.41, 5.74) is -0.387. The number of carbonyl (C=O) groups is 1. The van der Waals surface area contributed by atoms with E-state index >= 15 is 0 Å². The fourth-order valence-electron chi connectivity index (χ4n) is 2.11. The second kappa shape index (κ2) is 6.65. The molecular formula is C13H26N2O4. The van der Waals surface area contributed by atoms with E-state index in [1.165, 1.54) is 12.2 Å². The first kappa shape index (κ1) is 16.4. The highest BCUT2D eigenvalue weighted by Gasteiger charge is 2.31. The molecule has 0 aromatic rings. The number of rotatable bonds is 4. The van der Waals surface area contributed by atoms with Crippen molar-refractivity contribution in [2.75, 3.05) is 27.2 Å². The van der Waals surface area contributed by atoms with E-state index in [0.29, 0.717) is 25.9 Å². The maximum absolute atomic E-state index is 11.9. The lowest BCUT2D eigenvalue weighted by Crippen LogP contribution is -2.47. The van der Waals surface area contributed by atoms with Gasteiger partial charge in [0.25, 0.3) is 0 Å². The highest BCUT2D eigenvalue weighted by molar-refractivity contribution is 5.77. The highest BCUT2D eigenvalue weighted by atomic mass is 16.7. The molecule has 0 aromatic heterocycles. The number of aliphatic hydroxyl groups excluding tert-OH is 1. The van der Waals surface area contributed by atoms with E-state index in [9.17, 15) is 9.90 Å². The minimum Gasteiger partial charge on any atom is -0.356 e. The Hall–Kier alpha value is -0.690. The van der Waals surface area contributed by atoms with Gasteiger partial charge in [-0.25, -0.2) is 5.06 Å². The summed E-state index contributed by atoms with van der Waals surface area (Å²) >= 11 is 0. The van der Waals surface area contributed by atoms with Crippen molar-refractivity contribution in [2.45, 2.75) is 45.6 Å². The van der Waals surface area contributed by atoms with Crippen molar-refractivity contribution in [3.8, 4) is 0 Å². The molecule has 0 radical (unpaired) electrons. The average molecular weight is 274 g/mol. The Morgan fingerprint density at radius 3 is 2.32 bits per heavy atom. The number of likely N-dealkylation sites (tertiary alicyclic amines) is 1. The van der Waals surface area contributed by atoms with E-state index < -0.39 is 6.41 Å². The smallest absolute Gasteiger partial charge is 0.249 e. The molecule has 1 unspecified atom stereocenters. The standard InChI is InChI=1S/C13H26N2O4/c1-13(2,3)19-12(17)15-8-6-10(7-9-15)11(16)14(4)18-5/h10,12,17H,6-9H2,1-5H3. The lowest BCUT2D eigenvalue weighted by atomic mass is 9.96. The summed E-state index contributed by atoms with van der Waals surface area (Å²) in [7, 11) is 3.10. The maximum Gasteiger partial charge on any atom is 0.249 e. The number of hydrogen-bond acceptors (Lipinski definition) is 5. The van der Waals surface area contributed by atoms with Crippen LogP contribution in [0.15, 0.2) is 0 Å².